The molecule has 0 amide bonds. The molecule has 0 radical (unpaired) electrons. The van der Waals surface area contributed by atoms with Gasteiger partial charge in [0.15, 0.2) is 5.82 Å². The van der Waals surface area contributed by atoms with Crippen LogP contribution in [0.3, 0.4) is 0 Å². The van der Waals surface area contributed by atoms with E-state index < -0.39 is 0 Å². The van der Waals surface area contributed by atoms with Gasteiger partial charge in [-0.1, -0.05) is 5.16 Å². The molecule has 1 heterocycles. The molecule has 4 aliphatic carbocycles. The Morgan fingerprint density at radius 1 is 1.11 bits per heavy atom. The monoisotopic (exact) mass is 247 g/mol. The van der Waals surface area contributed by atoms with Crippen molar-refractivity contribution in [1.82, 2.24) is 10.1 Å². The fourth-order valence-electron chi connectivity index (χ4n) is 5.07. The number of aromatic nitrogens is 2. The van der Waals surface area contributed by atoms with E-state index >= 15 is 0 Å². The highest BCUT2D eigenvalue weighted by atomic mass is 16.5. The third-order valence-electron chi connectivity index (χ3n) is 5.33. The minimum atomic E-state index is 0.231. The van der Waals surface area contributed by atoms with Crippen molar-refractivity contribution in [3.63, 3.8) is 0 Å². The predicted molar refractivity (Wildman–Crippen MR) is 66.9 cm³/mol. The van der Waals surface area contributed by atoms with E-state index in [9.17, 15) is 0 Å². The first-order chi connectivity index (χ1) is 8.77. The normalized spacial score (nSPS) is 41.5. The maximum absolute atomic E-state index is 5.59. The van der Waals surface area contributed by atoms with E-state index in [0.717, 1.165) is 35.9 Å². The van der Waals surface area contributed by atoms with Crippen LogP contribution in [0.25, 0.3) is 0 Å². The molecule has 2 N–H and O–H groups in total. The van der Waals surface area contributed by atoms with E-state index in [1.165, 1.54) is 38.5 Å². The standard InChI is InChI=1S/C14H21N3O/c15-2-1-12-16-13(18-17-12)14-6-9-3-10(7-14)5-11(4-9)8-14/h9-11H,1-8,15H2. The van der Waals surface area contributed by atoms with E-state index in [1.807, 2.05) is 0 Å². The van der Waals surface area contributed by atoms with Gasteiger partial charge in [-0.25, -0.2) is 0 Å². The van der Waals surface area contributed by atoms with Crippen LogP contribution in [0.4, 0.5) is 0 Å². The molecule has 0 spiro atoms. The third-order valence-corrected chi connectivity index (χ3v) is 5.33. The molecule has 0 aromatic carbocycles. The molecule has 4 aliphatic rings. The molecular weight excluding hydrogens is 226 g/mol. The number of rotatable bonds is 3. The fourth-order valence-corrected chi connectivity index (χ4v) is 5.07. The SMILES string of the molecule is NCCc1noc(C23CC4CC(CC(C4)C2)C3)n1. The molecule has 0 saturated heterocycles. The zero-order valence-corrected chi connectivity index (χ0v) is 10.8. The van der Waals surface area contributed by atoms with Gasteiger partial charge in [-0.05, 0) is 62.8 Å². The molecule has 0 unspecified atom stereocenters. The Morgan fingerprint density at radius 2 is 1.72 bits per heavy atom. The maximum atomic E-state index is 5.59. The zero-order valence-electron chi connectivity index (χ0n) is 10.8. The van der Waals surface area contributed by atoms with Gasteiger partial charge in [0.25, 0.3) is 0 Å². The molecule has 4 bridgehead atoms. The van der Waals surface area contributed by atoms with E-state index in [0.29, 0.717) is 6.54 Å². The van der Waals surface area contributed by atoms with Crippen molar-refractivity contribution in [2.75, 3.05) is 6.54 Å². The van der Waals surface area contributed by atoms with E-state index in [-0.39, 0.29) is 5.41 Å². The Labute approximate surface area is 107 Å². The Hall–Kier alpha value is -0.900. The van der Waals surface area contributed by atoms with Crippen LogP contribution in [-0.2, 0) is 11.8 Å². The van der Waals surface area contributed by atoms with Crippen LogP contribution < -0.4 is 5.73 Å². The van der Waals surface area contributed by atoms with Crippen LogP contribution in [-0.4, -0.2) is 16.7 Å². The first kappa shape index (κ1) is 11.0. The van der Waals surface area contributed by atoms with E-state index in [2.05, 4.69) is 10.1 Å². The molecule has 4 heteroatoms. The first-order valence-corrected chi connectivity index (χ1v) is 7.30. The van der Waals surface area contributed by atoms with Gasteiger partial charge in [-0.2, -0.15) is 4.98 Å². The van der Waals surface area contributed by atoms with Gasteiger partial charge >= 0.3 is 0 Å². The summed E-state index contributed by atoms with van der Waals surface area (Å²) >= 11 is 0. The molecule has 98 valence electrons. The third kappa shape index (κ3) is 1.54. The Kier molecular flexibility index (Phi) is 2.31. The average Bonchev–Trinajstić information content (AvgIpc) is 2.77. The number of nitrogens with two attached hydrogens (primary N) is 1. The number of nitrogens with zero attached hydrogens (tertiary/aromatic N) is 2. The van der Waals surface area contributed by atoms with Gasteiger partial charge in [0.05, 0.1) is 5.41 Å². The Bertz CT molecular complexity index is 418. The summed E-state index contributed by atoms with van der Waals surface area (Å²) in [6.07, 6.45) is 8.92. The summed E-state index contributed by atoms with van der Waals surface area (Å²) in [5.41, 5.74) is 5.79. The van der Waals surface area contributed by atoms with Crippen molar-refractivity contribution in [2.45, 2.75) is 50.4 Å². The van der Waals surface area contributed by atoms with Crippen LogP contribution in [0.1, 0.15) is 50.2 Å². The number of hydrogen-bond acceptors (Lipinski definition) is 4. The largest absolute Gasteiger partial charge is 0.339 e. The van der Waals surface area contributed by atoms with Gasteiger partial charge in [0, 0.05) is 6.42 Å². The highest BCUT2D eigenvalue weighted by molar-refractivity contribution is 5.15. The molecule has 4 fully saturated rings. The lowest BCUT2D eigenvalue weighted by molar-refractivity contribution is -0.0201. The van der Waals surface area contributed by atoms with Crippen LogP contribution >= 0.6 is 0 Å². The van der Waals surface area contributed by atoms with Crippen LogP contribution in [0.2, 0.25) is 0 Å². The molecule has 1 aromatic rings. The highest BCUT2D eigenvalue weighted by Crippen LogP contribution is 2.60. The topological polar surface area (TPSA) is 64.9 Å². The lowest BCUT2D eigenvalue weighted by atomic mass is 9.49. The van der Waals surface area contributed by atoms with Crippen molar-refractivity contribution in [1.29, 1.82) is 0 Å². The molecule has 18 heavy (non-hydrogen) atoms. The van der Waals surface area contributed by atoms with Crippen LogP contribution in [0.5, 0.6) is 0 Å². The first-order valence-electron chi connectivity index (χ1n) is 7.30. The van der Waals surface area contributed by atoms with Gasteiger partial charge in [-0.3, -0.25) is 0 Å². The molecule has 4 nitrogen and oxygen atoms in total. The second-order valence-corrected chi connectivity index (χ2v) is 6.75. The summed E-state index contributed by atoms with van der Waals surface area (Å²) < 4.78 is 5.59. The highest BCUT2D eigenvalue weighted by Gasteiger charge is 2.54. The van der Waals surface area contributed by atoms with Crippen molar-refractivity contribution in [3.8, 4) is 0 Å². The lowest BCUT2D eigenvalue weighted by Gasteiger charge is -2.55. The molecular formula is C14H21N3O. The average molecular weight is 247 g/mol. The molecule has 4 saturated carbocycles. The van der Waals surface area contributed by atoms with Crippen molar-refractivity contribution in [2.24, 2.45) is 23.5 Å². The van der Waals surface area contributed by atoms with Gasteiger partial charge in [-0.15, -0.1) is 0 Å². The van der Waals surface area contributed by atoms with E-state index in [1.54, 1.807) is 0 Å². The smallest absolute Gasteiger partial charge is 0.232 e. The summed E-state index contributed by atoms with van der Waals surface area (Å²) in [6.45, 7) is 0.597. The van der Waals surface area contributed by atoms with Gasteiger partial charge in [0.2, 0.25) is 5.89 Å². The zero-order chi connectivity index (χ0) is 12.2. The van der Waals surface area contributed by atoms with Crippen molar-refractivity contribution < 1.29 is 4.52 Å². The summed E-state index contributed by atoms with van der Waals surface area (Å²) in [4.78, 5) is 4.63. The summed E-state index contributed by atoms with van der Waals surface area (Å²) in [7, 11) is 0. The minimum absolute atomic E-state index is 0.231. The minimum Gasteiger partial charge on any atom is -0.339 e. The second kappa shape index (κ2) is 3.80. The number of hydrogen-bond donors (Lipinski definition) is 1. The fraction of sp³-hybridized carbons (Fsp3) is 0.857. The van der Waals surface area contributed by atoms with Crippen molar-refractivity contribution in [3.05, 3.63) is 11.7 Å². The van der Waals surface area contributed by atoms with Gasteiger partial charge in [0.1, 0.15) is 0 Å². The lowest BCUT2D eigenvalue weighted by Crippen LogP contribution is -2.48. The predicted octanol–water partition coefficient (Wildman–Crippen LogP) is 2.04. The van der Waals surface area contributed by atoms with Crippen molar-refractivity contribution >= 4 is 0 Å². The molecule has 0 atom stereocenters. The van der Waals surface area contributed by atoms with Crippen LogP contribution in [0, 0.1) is 17.8 Å². The molecule has 1 aromatic heterocycles. The second-order valence-electron chi connectivity index (χ2n) is 6.75. The summed E-state index contributed by atoms with van der Waals surface area (Å²) in [5, 5.41) is 4.10. The quantitative estimate of drug-likeness (QED) is 0.887. The van der Waals surface area contributed by atoms with E-state index in [4.69, 9.17) is 10.3 Å². The molecule has 5 rings (SSSR count). The maximum Gasteiger partial charge on any atom is 0.232 e. The Morgan fingerprint density at radius 3 is 2.28 bits per heavy atom. The van der Waals surface area contributed by atoms with Crippen LogP contribution in [0.15, 0.2) is 4.52 Å². The summed E-state index contributed by atoms with van der Waals surface area (Å²) in [5.74, 6) is 4.47. The molecule has 0 aliphatic heterocycles. The Balaban J connectivity index is 1.66. The van der Waals surface area contributed by atoms with Gasteiger partial charge < -0.3 is 10.3 Å². The summed E-state index contributed by atoms with van der Waals surface area (Å²) in [6, 6.07) is 0.